The largest absolute Gasteiger partial charge is 0.493 e. The van der Waals surface area contributed by atoms with Gasteiger partial charge in [0.25, 0.3) is 5.24 Å². The molecule has 0 bridgehead atoms. The lowest BCUT2D eigenvalue weighted by molar-refractivity contribution is 0.107. The summed E-state index contributed by atoms with van der Waals surface area (Å²) >= 11 is 5.46. The molecule has 0 heterocycles. The third-order valence-electron chi connectivity index (χ3n) is 1.92. The van der Waals surface area contributed by atoms with Crippen LogP contribution in [-0.4, -0.2) is 11.8 Å². The first-order chi connectivity index (χ1) is 7.00. The second-order valence-electron chi connectivity index (χ2n) is 3.98. The summed E-state index contributed by atoms with van der Waals surface area (Å²) in [5.74, 6) is 0.993. The number of ether oxygens (including phenoxy) is 1. The van der Waals surface area contributed by atoms with Gasteiger partial charge in [-0.05, 0) is 42.1 Å². The molecule has 0 aliphatic heterocycles. The predicted octanol–water partition coefficient (Wildman–Crippen LogP) is 3.41. The standard InChI is InChI=1S/C12H15ClO2/c1-8(2)7-15-11-6-9(3)4-5-10(11)12(13)14/h4-6,8H,7H2,1-3H3. The van der Waals surface area contributed by atoms with Gasteiger partial charge in [0.2, 0.25) is 0 Å². The molecule has 82 valence electrons. The summed E-state index contributed by atoms with van der Waals surface area (Å²) in [6.45, 7) is 6.64. The topological polar surface area (TPSA) is 26.3 Å². The average Bonchev–Trinajstić information content (AvgIpc) is 2.14. The molecule has 0 amide bonds. The minimum absolute atomic E-state index is 0.420. The maximum Gasteiger partial charge on any atom is 0.256 e. The Morgan fingerprint density at radius 1 is 1.47 bits per heavy atom. The molecule has 0 radical (unpaired) electrons. The molecule has 0 saturated carbocycles. The highest BCUT2D eigenvalue weighted by Gasteiger charge is 2.10. The molecular weight excluding hydrogens is 212 g/mol. The van der Waals surface area contributed by atoms with E-state index in [1.165, 1.54) is 0 Å². The Balaban J connectivity index is 2.92. The first kappa shape index (κ1) is 12.1. The van der Waals surface area contributed by atoms with Gasteiger partial charge in [-0.1, -0.05) is 19.9 Å². The lowest BCUT2D eigenvalue weighted by atomic mass is 10.1. The molecule has 0 saturated heterocycles. The van der Waals surface area contributed by atoms with Crippen molar-refractivity contribution in [2.45, 2.75) is 20.8 Å². The second kappa shape index (κ2) is 5.17. The quantitative estimate of drug-likeness (QED) is 0.736. The van der Waals surface area contributed by atoms with E-state index in [0.717, 1.165) is 5.56 Å². The molecule has 2 nitrogen and oxygen atoms in total. The Morgan fingerprint density at radius 3 is 2.67 bits per heavy atom. The monoisotopic (exact) mass is 226 g/mol. The van der Waals surface area contributed by atoms with E-state index in [4.69, 9.17) is 16.3 Å². The van der Waals surface area contributed by atoms with Crippen LogP contribution in [0.3, 0.4) is 0 Å². The van der Waals surface area contributed by atoms with Crippen LogP contribution in [0.1, 0.15) is 29.8 Å². The molecule has 15 heavy (non-hydrogen) atoms. The van der Waals surface area contributed by atoms with Gasteiger partial charge in [-0.25, -0.2) is 0 Å². The Bertz CT molecular complexity index is 359. The number of hydrogen-bond acceptors (Lipinski definition) is 2. The first-order valence-electron chi connectivity index (χ1n) is 4.94. The number of benzene rings is 1. The lowest BCUT2D eigenvalue weighted by Gasteiger charge is -2.11. The number of carbonyl (C=O) groups is 1. The van der Waals surface area contributed by atoms with Gasteiger partial charge in [-0.2, -0.15) is 0 Å². The average molecular weight is 227 g/mol. The van der Waals surface area contributed by atoms with E-state index in [1.54, 1.807) is 6.07 Å². The fraction of sp³-hybridized carbons (Fsp3) is 0.417. The normalized spacial score (nSPS) is 10.5. The van der Waals surface area contributed by atoms with E-state index in [2.05, 4.69) is 13.8 Å². The highest BCUT2D eigenvalue weighted by atomic mass is 35.5. The van der Waals surface area contributed by atoms with Crippen LogP contribution in [0.4, 0.5) is 0 Å². The summed E-state index contributed by atoms with van der Waals surface area (Å²) in [6, 6.07) is 5.37. The molecule has 0 fully saturated rings. The number of carbonyl (C=O) groups excluding carboxylic acids is 1. The molecule has 0 unspecified atom stereocenters. The van der Waals surface area contributed by atoms with E-state index in [0.29, 0.717) is 23.8 Å². The van der Waals surface area contributed by atoms with E-state index < -0.39 is 5.24 Å². The van der Waals surface area contributed by atoms with Crippen molar-refractivity contribution in [3.63, 3.8) is 0 Å². The fourth-order valence-corrected chi connectivity index (χ4v) is 1.32. The van der Waals surface area contributed by atoms with Gasteiger partial charge in [0.05, 0.1) is 12.2 Å². The van der Waals surface area contributed by atoms with E-state index >= 15 is 0 Å². The second-order valence-corrected chi connectivity index (χ2v) is 4.32. The smallest absolute Gasteiger partial charge is 0.256 e. The van der Waals surface area contributed by atoms with E-state index in [1.807, 2.05) is 19.1 Å². The fourth-order valence-electron chi connectivity index (χ4n) is 1.17. The van der Waals surface area contributed by atoms with Gasteiger partial charge in [0, 0.05) is 0 Å². The molecule has 0 aliphatic rings. The molecule has 0 atom stereocenters. The summed E-state index contributed by atoms with van der Waals surface area (Å²) in [7, 11) is 0. The molecule has 0 aliphatic carbocycles. The third kappa shape index (κ3) is 3.56. The Labute approximate surface area is 95.2 Å². The Hall–Kier alpha value is -1.02. The van der Waals surface area contributed by atoms with Crippen molar-refractivity contribution in [3.05, 3.63) is 29.3 Å². The molecular formula is C12H15ClO2. The summed E-state index contributed by atoms with van der Waals surface area (Å²) in [4.78, 5) is 11.1. The van der Waals surface area contributed by atoms with Gasteiger partial charge in [-0.3, -0.25) is 4.79 Å². The lowest BCUT2D eigenvalue weighted by Crippen LogP contribution is -2.07. The van der Waals surface area contributed by atoms with Gasteiger partial charge in [-0.15, -0.1) is 0 Å². The SMILES string of the molecule is Cc1ccc(C(=O)Cl)c(OCC(C)C)c1. The van der Waals surface area contributed by atoms with Crippen molar-refractivity contribution in [3.8, 4) is 5.75 Å². The van der Waals surface area contributed by atoms with Crippen LogP contribution < -0.4 is 4.74 Å². The molecule has 1 aromatic carbocycles. The summed E-state index contributed by atoms with van der Waals surface area (Å²) in [6.07, 6.45) is 0. The first-order valence-corrected chi connectivity index (χ1v) is 5.31. The summed E-state index contributed by atoms with van der Waals surface area (Å²) in [5.41, 5.74) is 1.48. The van der Waals surface area contributed by atoms with Crippen molar-refractivity contribution in [1.82, 2.24) is 0 Å². The van der Waals surface area contributed by atoms with Crippen LogP contribution in [0.5, 0.6) is 5.75 Å². The molecule has 1 rings (SSSR count). The van der Waals surface area contributed by atoms with Crippen LogP contribution in [0.25, 0.3) is 0 Å². The molecule has 0 spiro atoms. The van der Waals surface area contributed by atoms with Crippen LogP contribution >= 0.6 is 11.6 Å². The highest BCUT2D eigenvalue weighted by molar-refractivity contribution is 6.68. The zero-order valence-corrected chi connectivity index (χ0v) is 9.97. The maximum atomic E-state index is 11.1. The molecule has 3 heteroatoms. The van der Waals surface area contributed by atoms with Gasteiger partial charge < -0.3 is 4.74 Å². The van der Waals surface area contributed by atoms with Crippen LogP contribution in [0.2, 0.25) is 0 Å². The Morgan fingerprint density at radius 2 is 2.13 bits per heavy atom. The predicted molar refractivity (Wildman–Crippen MR) is 61.7 cm³/mol. The number of halogens is 1. The molecule has 0 aromatic heterocycles. The zero-order chi connectivity index (χ0) is 11.4. The minimum Gasteiger partial charge on any atom is -0.493 e. The number of aryl methyl sites for hydroxylation is 1. The zero-order valence-electron chi connectivity index (χ0n) is 9.21. The number of hydrogen-bond donors (Lipinski definition) is 0. The summed E-state index contributed by atoms with van der Waals surface area (Å²) in [5, 5.41) is -0.478. The van der Waals surface area contributed by atoms with Crippen molar-refractivity contribution in [1.29, 1.82) is 0 Å². The van der Waals surface area contributed by atoms with E-state index in [9.17, 15) is 4.79 Å². The third-order valence-corrected chi connectivity index (χ3v) is 2.12. The highest BCUT2D eigenvalue weighted by Crippen LogP contribution is 2.22. The van der Waals surface area contributed by atoms with E-state index in [-0.39, 0.29) is 0 Å². The van der Waals surface area contributed by atoms with Crippen molar-refractivity contribution < 1.29 is 9.53 Å². The van der Waals surface area contributed by atoms with Gasteiger partial charge >= 0.3 is 0 Å². The van der Waals surface area contributed by atoms with Gasteiger partial charge in [0.1, 0.15) is 5.75 Å². The number of rotatable bonds is 4. The van der Waals surface area contributed by atoms with Gasteiger partial charge in [0.15, 0.2) is 0 Å². The summed E-state index contributed by atoms with van der Waals surface area (Å²) < 4.78 is 5.54. The van der Waals surface area contributed by atoms with Crippen molar-refractivity contribution >= 4 is 16.8 Å². The molecule has 0 N–H and O–H groups in total. The Kier molecular flexibility index (Phi) is 4.15. The minimum atomic E-state index is -0.478. The van der Waals surface area contributed by atoms with Crippen LogP contribution in [0.15, 0.2) is 18.2 Å². The van der Waals surface area contributed by atoms with Crippen molar-refractivity contribution in [2.24, 2.45) is 5.92 Å². The molecule has 1 aromatic rings. The van der Waals surface area contributed by atoms with Crippen molar-refractivity contribution in [2.75, 3.05) is 6.61 Å². The maximum absolute atomic E-state index is 11.1. The van der Waals surface area contributed by atoms with Crippen LogP contribution in [0, 0.1) is 12.8 Å². The van der Waals surface area contributed by atoms with Crippen LogP contribution in [-0.2, 0) is 0 Å².